The van der Waals surface area contributed by atoms with E-state index in [1.807, 2.05) is 6.07 Å². The molecule has 1 N–H and O–H groups in total. The molecule has 130 valence electrons. The van der Waals surface area contributed by atoms with Crippen molar-refractivity contribution < 1.29 is 4.79 Å². The van der Waals surface area contributed by atoms with Crippen molar-refractivity contribution in [2.24, 2.45) is 0 Å². The highest BCUT2D eigenvalue weighted by Crippen LogP contribution is 2.27. The summed E-state index contributed by atoms with van der Waals surface area (Å²) in [6.45, 7) is 3.02. The minimum absolute atomic E-state index is 0.166. The lowest BCUT2D eigenvalue weighted by Crippen LogP contribution is -2.38. The summed E-state index contributed by atoms with van der Waals surface area (Å²) >= 11 is 3.53. The summed E-state index contributed by atoms with van der Waals surface area (Å²) in [6.07, 6.45) is 6.64. The van der Waals surface area contributed by atoms with Crippen LogP contribution < -0.4 is 5.32 Å². The number of hydrogen-bond donors (Lipinski definition) is 1. The second-order valence-electron chi connectivity index (χ2n) is 6.36. The van der Waals surface area contributed by atoms with Crippen molar-refractivity contribution in [1.29, 1.82) is 0 Å². The Balaban J connectivity index is 1.54. The molecular formula is C19H26N2OS2. The zero-order valence-corrected chi connectivity index (χ0v) is 15.7. The van der Waals surface area contributed by atoms with Gasteiger partial charge < -0.3 is 5.32 Å². The molecule has 2 aromatic heterocycles. The fourth-order valence-corrected chi connectivity index (χ4v) is 4.86. The van der Waals surface area contributed by atoms with Gasteiger partial charge in [-0.2, -0.15) is 0 Å². The van der Waals surface area contributed by atoms with Gasteiger partial charge in [-0.1, -0.05) is 25.0 Å². The highest BCUT2D eigenvalue weighted by molar-refractivity contribution is 7.10. The highest BCUT2D eigenvalue weighted by Gasteiger charge is 2.22. The van der Waals surface area contributed by atoms with Crippen LogP contribution in [0.25, 0.3) is 0 Å². The first kappa shape index (κ1) is 17.6. The van der Waals surface area contributed by atoms with Gasteiger partial charge in [-0.25, -0.2) is 0 Å². The summed E-state index contributed by atoms with van der Waals surface area (Å²) in [6, 6.07) is 8.80. The molecule has 3 heterocycles. The van der Waals surface area contributed by atoms with Gasteiger partial charge >= 0.3 is 0 Å². The van der Waals surface area contributed by atoms with Gasteiger partial charge in [-0.15, -0.1) is 22.7 Å². The Kier molecular flexibility index (Phi) is 6.87. The first-order valence-corrected chi connectivity index (χ1v) is 10.7. The van der Waals surface area contributed by atoms with Gasteiger partial charge in [0, 0.05) is 22.7 Å². The standard InChI is InChI=1S/C19H26N2OS2/c22-19(10-9-16-7-5-13-23-16)20-15-17(18-8-6-14-24-18)21-11-3-1-2-4-12-21/h5-8,13-14,17H,1-4,9-12,15H2,(H,20,22). The van der Waals surface area contributed by atoms with E-state index in [9.17, 15) is 4.79 Å². The minimum Gasteiger partial charge on any atom is -0.354 e. The summed E-state index contributed by atoms with van der Waals surface area (Å²) in [4.78, 5) is 17.5. The van der Waals surface area contributed by atoms with Crippen LogP contribution in [-0.4, -0.2) is 30.4 Å². The van der Waals surface area contributed by atoms with Crippen LogP contribution in [0.1, 0.15) is 47.9 Å². The Hall–Kier alpha value is -1.17. The van der Waals surface area contributed by atoms with E-state index in [2.05, 4.69) is 39.2 Å². The van der Waals surface area contributed by atoms with E-state index < -0.39 is 0 Å². The lowest BCUT2D eigenvalue weighted by atomic mass is 10.1. The number of thiophene rings is 2. The molecule has 1 unspecified atom stereocenters. The van der Waals surface area contributed by atoms with Crippen molar-refractivity contribution in [3.05, 3.63) is 44.8 Å². The van der Waals surface area contributed by atoms with Crippen molar-refractivity contribution in [2.75, 3.05) is 19.6 Å². The molecule has 1 amide bonds. The van der Waals surface area contributed by atoms with Crippen LogP contribution in [0.5, 0.6) is 0 Å². The summed E-state index contributed by atoms with van der Waals surface area (Å²) in [5.41, 5.74) is 0. The van der Waals surface area contributed by atoms with Crippen molar-refractivity contribution in [3.8, 4) is 0 Å². The Labute approximate surface area is 152 Å². The van der Waals surface area contributed by atoms with E-state index in [4.69, 9.17) is 0 Å². The quantitative estimate of drug-likeness (QED) is 0.788. The Morgan fingerprint density at radius 2 is 1.83 bits per heavy atom. The summed E-state index contributed by atoms with van der Waals surface area (Å²) in [5, 5.41) is 7.39. The van der Waals surface area contributed by atoms with Crippen LogP contribution in [0.3, 0.4) is 0 Å². The molecule has 1 saturated heterocycles. The monoisotopic (exact) mass is 362 g/mol. The number of nitrogens with zero attached hydrogens (tertiary/aromatic N) is 1. The molecule has 5 heteroatoms. The molecular weight excluding hydrogens is 336 g/mol. The molecule has 24 heavy (non-hydrogen) atoms. The van der Waals surface area contributed by atoms with E-state index in [0.29, 0.717) is 12.5 Å². The molecule has 0 bridgehead atoms. The molecule has 2 aromatic rings. The van der Waals surface area contributed by atoms with E-state index in [-0.39, 0.29) is 5.91 Å². The van der Waals surface area contributed by atoms with Crippen LogP contribution in [0.2, 0.25) is 0 Å². The molecule has 1 fully saturated rings. The third-order valence-electron chi connectivity index (χ3n) is 4.62. The number of amides is 1. The van der Waals surface area contributed by atoms with Crippen molar-refractivity contribution in [2.45, 2.75) is 44.6 Å². The lowest BCUT2D eigenvalue weighted by Gasteiger charge is -2.30. The summed E-state index contributed by atoms with van der Waals surface area (Å²) < 4.78 is 0. The van der Waals surface area contributed by atoms with Crippen LogP contribution in [-0.2, 0) is 11.2 Å². The molecule has 1 aliphatic heterocycles. The average molecular weight is 363 g/mol. The minimum atomic E-state index is 0.166. The smallest absolute Gasteiger partial charge is 0.220 e. The van der Waals surface area contributed by atoms with Gasteiger partial charge in [0.1, 0.15) is 0 Å². The molecule has 1 atom stereocenters. The second kappa shape index (κ2) is 9.35. The summed E-state index contributed by atoms with van der Waals surface area (Å²) in [5.74, 6) is 0.166. The largest absolute Gasteiger partial charge is 0.354 e. The Morgan fingerprint density at radius 1 is 1.08 bits per heavy atom. The zero-order chi connectivity index (χ0) is 16.6. The third-order valence-corrected chi connectivity index (χ3v) is 6.53. The molecule has 0 aliphatic carbocycles. The number of rotatable bonds is 7. The number of likely N-dealkylation sites (tertiary alicyclic amines) is 1. The molecule has 3 rings (SSSR count). The number of hydrogen-bond acceptors (Lipinski definition) is 4. The fraction of sp³-hybridized carbons (Fsp3) is 0.526. The van der Waals surface area contributed by atoms with Gasteiger partial charge in [0.05, 0.1) is 6.04 Å². The first-order valence-electron chi connectivity index (χ1n) is 8.89. The topological polar surface area (TPSA) is 32.3 Å². The maximum Gasteiger partial charge on any atom is 0.220 e. The third kappa shape index (κ3) is 5.16. The number of carbonyl (C=O) groups is 1. The molecule has 3 nitrogen and oxygen atoms in total. The molecule has 1 aliphatic rings. The molecule has 0 saturated carbocycles. The fourth-order valence-electron chi connectivity index (χ4n) is 3.29. The normalized spacial score (nSPS) is 17.3. The van der Waals surface area contributed by atoms with E-state index in [1.54, 1.807) is 22.7 Å². The average Bonchev–Trinajstić information content (AvgIpc) is 3.24. The second-order valence-corrected chi connectivity index (χ2v) is 8.38. The highest BCUT2D eigenvalue weighted by atomic mass is 32.1. The van der Waals surface area contributed by atoms with Gasteiger partial charge in [-0.3, -0.25) is 9.69 Å². The van der Waals surface area contributed by atoms with Gasteiger partial charge in [-0.05, 0) is 55.2 Å². The van der Waals surface area contributed by atoms with Crippen LogP contribution in [0.4, 0.5) is 0 Å². The number of carbonyl (C=O) groups excluding carboxylic acids is 1. The van der Waals surface area contributed by atoms with E-state index in [1.165, 1.54) is 35.4 Å². The molecule has 0 spiro atoms. The number of nitrogens with one attached hydrogen (secondary N) is 1. The van der Waals surface area contributed by atoms with E-state index in [0.717, 1.165) is 26.1 Å². The number of aryl methyl sites for hydroxylation is 1. The Bertz CT molecular complexity index is 587. The lowest BCUT2D eigenvalue weighted by molar-refractivity contribution is -0.121. The van der Waals surface area contributed by atoms with Crippen LogP contribution in [0, 0.1) is 0 Å². The van der Waals surface area contributed by atoms with E-state index >= 15 is 0 Å². The van der Waals surface area contributed by atoms with Crippen molar-refractivity contribution in [1.82, 2.24) is 10.2 Å². The zero-order valence-electron chi connectivity index (χ0n) is 14.1. The predicted molar refractivity (Wildman–Crippen MR) is 103 cm³/mol. The predicted octanol–water partition coefficient (Wildman–Crippen LogP) is 4.48. The molecule has 0 aromatic carbocycles. The first-order chi connectivity index (χ1) is 11.8. The van der Waals surface area contributed by atoms with Crippen molar-refractivity contribution >= 4 is 28.6 Å². The molecule has 0 radical (unpaired) electrons. The van der Waals surface area contributed by atoms with Gasteiger partial charge in [0.15, 0.2) is 0 Å². The summed E-state index contributed by atoms with van der Waals surface area (Å²) in [7, 11) is 0. The SMILES string of the molecule is O=C(CCc1cccs1)NCC(c1cccs1)N1CCCCCC1. The van der Waals surface area contributed by atoms with Gasteiger partial charge in [0.2, 0.25) is 5.91 Å². The maximum atomic E-state index is 12.2. The van der Waals surface area contributed by atoms with Crippen LogP contribution in [0.15, 0.2) is 35.0 Å². The van der Waals surface area contributed by atoms with Gasteiger partial charge in [0.25, 0.3) is 0 Å². The van der Waals surface area contributed by atoms with Crippen molar-refractivity contribution in [3.63, 3.8) is 0 Å². The Morgan fingerprint density at radius 3 is 2.50 bits per heavy atom. The maximum absolute atomic E-state index is 12.2. The van der Waals surface area contributed by atoms with Crippen LogP contribution >= 0.6 is 22.7 Å².